The second-order valence-corrected chi connectivity index (χ2v) is 4.82. The maximum absolute atomic E-state index is 11.6. The maximum Gasteiger partial charge on any atom is 0.326 e. The number of hydrogen-bond acceptors (Lipinski definition) is 4. The van der Waals surface area contributed by atoms with E-state index in [4.69, 9.17) is 10.2 Å². The van der Waals surface area contributed by atoms with Gasteiger partial charge >= 0.3 is 18.0 Å². The van der Waals surface area contributed by atoms with Gasteiger partial charge in [-0.2, -0.15) is 0 Å². The number of nitrogens with one attached hydrogen (secondary N) is 2. The van der Waals surface area contributed by atoms with Crippen LogP contribution in [0.25, 0.3) is 0 Å². The number of thiophene rings is 1. The molecular weight excluding hydrogens is 272 g/mol. The summed E-state index contributed by atoms with van der Waals surface area (Å²) < 4.78 is 0. The summed E-state index contributed by atoms with van der Waals surface area (Å²) in [6.45, 7) is 1.75. The van der Waals surface area contributed by atoms with E-state index in [1.54, 1.807) is 6.92 Å². The molecule has 1 rings (SSSR count). The Hall–Kier alpha value is -2.09. The van der Waals surface area contributed by atoms with Crippen LogP contribution < -0.4 is 10.6 Å². The molecule has 0 radical (unpaired) electrons. The number of carbonyl (C=O) groups excluding carboxylic acids is 1. The molecule has 0 aromatic carbocycles. The highest BCUT2D eigenvalue weighted by Crippen LogP contribution is 2.17. The number of aliphatic carboxylic acids is 2. The van der Waals surface area contributed by atoms with Gasteiger partial charge in [-0.05, 0) is 18.4 Å². The molecule has 0 spiro atoms. The third-order valence-corrected chi connectivity index (χ3v) is 3.35. The van der Waals surface area contributed by atoms with Crippen molar-refractivity contribution in [1.82, 2.24) is 10.6 Å². The average Bonchev–Trinajstić information content (AvgIpc) is 2.80. The fraction of sp³-hybridized carbons (Fsp3) is 0.364. The van der Waals surface area contributed by atoms with Crippen LogP contribution in [0.15, 0.2) is 17.5 Å². The largest absolute Gasteiger partial charge is 0.481 e. The van der Waals surface area contributed by atoms with Crippen LogP contribution in [0.2, 0.25) is 0 Å². The predicted molar refractivity (Wildman–Crippen MR) is 68.1 cm³/mol. The van der Waals surface area contributed by atoms with Crippen LogP contribution in [0, 0.1) is 0 Å². The highest BCUT2D eigenvalue weighted by atomic mass is 32.1. The number of carboxylic acids is 2. The second-order valence-electron chi connectivity index (χ2n) is 3.84. The molecule has 104 valence electrons. The Morgan fingerprint density at radius 1 is 1.32 bits per heavy atom. The summed E-state index contributed by atoms with van der Waals surface area (Å²) in [4.78, 5) is 33.7. The third-order valence-electron chi connectivity index (χ3n) is 2.30. The molecule has 4 N–H and O–H groups in total. The van der Waals surface area contributed by atoms with Crippen molar-refractivity contribution in [3.05, 3.63) is 22.4 Å². The molecule has 2 atom stereocenters. The van der Waals surface area contributed by atoms with Crippen molar-refractivity contribution in [3.63, 3.8) is 0 Å². The molecule has 0 saturated heterocycles. The Labute approximate surface area is 113 Å². The Kier molecular flexibility index (Phi) is 5.31. The highest BCUT2D eigenvalue weighted by molar-refractivity contribution is 7.10. The molecule has 7 nitrogen and oxygen atoms in total. The molecule has 1 unspecified atom stereocenters. The van der Waals surface area contributed by atoms with Crippen molar-refractivity contribution in [2.75, 3.05) is 0 Å². The summed E-state index contributed by atoms with van der Waals surface area (Å²) in [5.41, 5.74) is 0. The van der Waals surface area contributed by atoms with E-state index in [1.165, 1.54) is 11.3 Å². The summed E-state index contributed by atoms with van der Waals surface area (Å²) >= 11 is 1.46. The fourth-order valence-corrected chi connectivity index (χ4v) is 2.11. The molecule has 1 aromatic heterocycles. The van der Waals surface area contributed by atoms with Gasteiger partial charge in [0.05, 0.1) is 12.5 Å². The van der Waals surface area contributed by atoms with Crippen molar-refractivity contribution in [1.29, 1.82) is 0 Å². The fourth-order valence-electron chi connectivity index (χ4n) is 1.38. The summed E-state index contributed by atoms with van der Waals surface area (Å²) in [5, 5.41) is 23.8. The van der Waals surface area contributed by atoms with Crippen LogP contribution in [0.4, 0.5) is 4.79 Å². The first-order valence-electron chi connectivity index (χ1n) is 5.45. The van der Waals surface area contributed by atoms with Crippen LogP contribution in [0.1, 0.15) is 24.3 Å². The van der Waals surface area contributed by atoms with Crippen molar-refractivity contribution >= 4 is 29.3 Å². The van der Waals surface area contributed by atoms with Crippen molar-refractivity contribution in [2.24, 2.45) is 0 Å². The summed E-state index contributed by atoms with van der Waals surface area (Å²) in [6.07, 6.45) is -0.670. The van der Waals surface area contributed by atoms with E-state index in [1.807, 2.05) is 17.5 Å². The second kappa shape index (κ2) is 6.74. The topological polar surface area (TPSA) is 116 Å². The number of rotatable bonds is 6. The SMILES string of the molecule is CC(NC(=O)N[C@H](CC(=O)O)C(=O)O)c1cccs1. The van der Waals surface area contributed by atoms with E-state index < -0.39 is 30.4 Å². The molecule has 1 aromatic rings. The quantitative estimate of drug-likeness (QED) is 0.623. The average molecular weight is 286 g/mol. The molecule has 19 heavy (non-hydrogen) atoms. The van der Waals surface area contributed by atoms with Crippen LogP contribution in [0.5, 0.6) is 0 Å². The van der Waals surface area contributed by atoms with Gasteiger partial charge in [0.25, 0.3) is 0 Å². The maximum atomic E-state index is 11.6. The first-order valence-corrected chi connectivity index (χ1v) is 6.33. The van der Waals surface area contributed by atoms with E-state index in [0.717, 1.165) is 4.88 Å². The molecule has 0 aliphatic carbocycles. The van der Waals surface area contributed by atoms with Crippen molar-refractivity contribution < 1.29 is 24.6 Å². The molecular formula is C11H14N2O5S. The molecule has 0 aliphatic rings. The van der Waals surface area contributed by atoms with Gasteiger partial charge in [0.15, 0.2) is 0 Å². The van der Waals surface area contributed by atoms with Gasteiger partial charge in [0.2, 0.25) is 0 Å². The minimum atomic E-state index is -1.45. The lowest BCUT2D eigenvalue weighted by Gasteiger charge is -2.16. The lowest BCUT2D eigenvalue weighted by atomic mass is 10.2. The number of amides is 2. The number of urea groups is 1. The van der Waals surface area contributed by atoms with E-state index in [2.05, 4.69) is 10.6 Å². The Morgan fingerprint density at radius 3 is 2.47 bits per heavy atom. The number of carbonyl (C=O) groups is 3. The van der Waals surface area contributed by atoms with Gasteiger partial charge in [-0.1, -0.05) is 6.07 Å². The van der Waals surface area contributed by atoms with Gasteiger partial charge in [-0.3, -0.25) is 4.79 Å². The number of hydrogen-bond donors (Lipinski definition) is 4. The smallest absolute Gasteiger partial charge is 0.326 e. The first kappa shape index (κ1) is 15.0. The van der Waals surface area contributed by atoms with Crippen LogP contribution >= 0.6 is 11.3 Å². The molecule has 8 heteroatoms. The molecule has 2 amide bonds. The monoisotopic (exact) mass is 286 g/mol. The molecule has 0 aliphatic heterocycles. The third kappa shape index (κ3) is 4.96. The standard InChI is InChI=1S/C11H14N2O5S/c1-6(8-3-2-4-19-8)12-11(18)13-7(10(16)17)5-9(14)15/h2-4,6-7H,5H2,1H3,(H,14,15)(H,16,17)(H2,12,13,18)/t6?,7-/m1/s1. The van der Waals surface area contributed by atoms with Crippen LogP contribution in [0.3, 0.4) is 0 Å². The minimum absolute atomic E-state index is 0.278. The van der Waals surface area contributed by atoms with Gasteiger partial charge in [-0.15, -0.1) is 11.3 Å². The van der Waals surface area contributed by atoms with Gasteiger partial charge in [0.1, 0.15) is 6.04 Å². The Balaban J connectivity index is 2.53. The van der Waals surface area contributed by atoms with E-state index in [0.29, 0.717) is 0 Å². The summed E-state index contributed by atoms with van der Waals surface area (Å²) in [5.74, 6) is -2.68. The van der Waals surface area contributed by atoms with Crippen LogP contribution in [-0.2, 0) is 9.59 Å². The summed E-state index contributed by atoms with van der Waals surface area (Å²) in [6, 6.07) is 1.23. The normalized spacial score (nSPS) is 13.3. The van der Waals surface area contributed by atoms with Crippen LogP contribution in [-0.4, -0.2) is 34.2 Å². The molecule has 0 saturated carbocycles. The lowest BCUT2D eigenvalue weighted by Crippen LogP contribution is -2.47. The van der Waals surface area contributed by atoms with Crippen molar-refractivity contribution in [2.45, 2.75) is 25.4 Å². The van der Waals surface area contributed by atoms with E-state index >= 15 is 0 Å². The zero-order valence-electron chi connectivity index (χ0n) is 10.1. The zero-order valence-corrected chi connectivity index (χ0v) is 10.9. The molecule has 0 bridgehead atoms. The van der Waals surface area contributed by atoms with E-state index in [-0.39, 0.29) is 6.04 Å². The minimum Gasteiger partial charge on any atom is -0.481 e. The Morgan fingerprint density at radius 2 is 2.00 bits per heavy atom. The zero-order chi connectivity index (χ0) is 14.4. The van der Waals surface area contributed by atoms with Crippen molar-refractivity contribution in [3.8, 4) is 0 Å². The van der Waals surface area contributed by atoms with Gasteiger partial charge in [0, 0.05) is 4.88 Å². The predicted octanol–water partition coefficient (Wildman–Crippen LogP) is 1.04. The summed E-state index contributed by atoms with van der Waals surface area (Å²) in [7, 11) is 0. The molecule has 0 fully saturated rings. The first-order chi connectivity index (χ1) is 8.90. The molecule has 1 heterocycles. The lowest BCUT2D eigenvalue weighted by molar-refractivity contribution is -0.145. The van der Waals surface area contributed by atoms with Gasteiger partial charge < -0.3 is 20.8 Å². The number of carboxylic acid groups (broad SMARTS) is 2. The highest BCUT2D eigenvalue weighted by Gasteiger charge is 2.23. The Bertz CT molecular complexity index is 460. The van der Waals surface area contributed by atoms with E-state index in [9.17, 15) is 14.4 Å². The van der Waals surface area contributed by atoms with Gasteiger partial charge in [-0.25, -0.2) is 9.59 Å².